The molecule has 0 atom stereocenters. The van der Waals surface area contributed by atoms with E-state index in [9.17, 15) is 5.11 Å². The summed E-state index contributed by atoms with van der Waals surface area (Å²) < 4.78 is 3.25. The van der Waals surface area contributed by atoms with Gasteiger partial charge in [-0.1, -0.05) is 20.8 Å². The summed E-state index contributed by atoms with van der Waals surface area (Å²) in [6, 6.07) is 0. The molecule has 7 nitrogen and oxygen atoms in total. The van der Waals surface area contributed by atoms with E-state index in [1.54, 1.807) is 22.0 Å². The fourth-order valence-corrected chi connectivity index (χ4v) is 1.69. The summed E-state index contributed by atoms with van der Waals surface area (Å²) in [6.07, 6.45) is 6.10. The molecule has 0 unspecified atom stereocenters. The molecule has 0 spiro atoms. The van der Waals surface area contributed by atoms with Crippen molar-refractivity contribution in [3.63, 3.8) is 0 Å². The number of aliphatic hydroxyl groups is 1. The first-order valence-electron chi connectivity index (χ1n) is 5.78. The van der Waals surface area contributed by atoms with E-state index >= 15 is 0 Å². The van der Waals surface area contributed by atoms with Crippen LogP contribution in [0.25, 0.3) is 0 Å². The summed E-state index contributed by atoms with van der Waals surface area (Å²) in [4.78, 5) is 7.78. The minimum absolute atomic E-state index is 0.328. The molecule has 0 aromatic carbocycles. The normalized spacial score (nSPS) is 12.9. The summed E-state index contributed by atoms with van der Waals surface area (Å²) in [5, 5.41) is 19.0. The fraction of sp³-hybridized carbons (Fsp3) is 0.636. The topological polar surface area (TPSA) is 81.6 Å². The second-order valence-corrected chi connectivity index (χ2v) is 5.47. The van der Waals surface area contributed by atoms with E-state index in [1.165, 1.54) is 12.7 Å². The summed E-state index contributed by atoms with van der Waals surface area (Å²) in [6.45, 7) is 6.68. The molecule has 0 saturated carbocycles. The minimum atomic E-state index is -0.992. The maximum atomic E-state index is 10.9. The highest BCUT2D eigenvalue weighted by Crippen LogP contribution is 2.33. The Balaban J connectivity index is 2.23. The van der Waals surface area contributed by atoms with Gasteiger partial charge in [-0.2, -0.15) is 10.2 Å². The Morgan fingerprint density at radius 2 is 1.39 bits per heavy atom. The Kier molecular flexibility index (Phi) is 3.16. The van der Waals surface area contributed by atoms with Crippen LogP contribution in [0.2, 0.25) is 0 Å². The first kappa shape index (κ1) is 12.7. The molecule has 1 N–H and O–H groups in total. The van der Waals surface area contributed by atoms with Crippen LogP contribution < -0.4 is 0 Å². The second-order valence-electron chi connectivity index (χ2n) is 5.47. The van der Waals surface area contributed by atoms with Crippen LogP contribution in [0.3, 0.4) is 0 Å². The average molecular weight is 250 g/mol. The van der Waals surface area contributed by atoms with Gasteiger partial charge in [0.25, 0.3) is 0 Å². The SMILES string of the molecule is CC(C)(C)C(O)(Cn1cncn1)Cn1cncn1. The highest BCUT2D eigenvalue weighted by molar-refractivity contribution is 4.90. The molecule has 18 heavy (non-hydrogen) atoms. The zero-order valence-corrected chi connectivity index (χ0v) is 10.9. The lowest BCUT2D eigenvalue weighted by Gasteiger charge is -2.39. The first-order valence-corrected chi connectivity index (χ1v) is 5.78. The van der Waals surface area contributed by atoms with Crippen LogP contribution in [0.1, 0.15) is 20.8 Å². The Labute approximate surface area is 105 Å². The zero-order valence-electron chi connectivity index (χ0n) is 10.9. The van der Waals surface area contributed by atoms with Gasteiger partial charge in [0.2, 0.25) is 0 Å². The number of rotatable bonds is 4. The molecular formula is C11H18N6O. The van der Waals surface area contributed by atoms with Gasteiger partial charge >= 0.3 is 0 Å². The smallest absolute Gasteiger partial charge is 0.137 e. The molecule has 0 aliphatic rings. The fourth-order valence-electron chi connectivity index (χ4n) is 1.69. The summed E-state index contributed by atoms with van der Waals surface area (Å²) >= 11 is 0. The van der Waals surface area contributed by atoms with Crippen molar-refractivity contribution >= 4 is 0 Å². The second kappa shape index (κ2) is 4.49. The van der Waals surface area contributed by atoms with Gasteiger partial charge in [0.15, 0.2) is 0 Å². The van der Waals surface area contributed by atoms with E-state index in [-0.39, 0.29) is 5.41 Å². The van der Waals surface area contributed by atoms with Gasteiger partial charge in [-0.15, -0.1) is 0 Å². The molecule has 0 aliphatic heterocycles. The quantitative estimate of drug-likeness (QED) is 0.846. The lowest BCUT2D eigenvalue weighted by Crippen LogP contribution is -2.50. The van der Waals surface area contributed by atoms with Crippen molar-refractivity contribution in [1.29, 1.82) is 0 Å². The molecule has 0 amide bonds. The van der Waals surface area contributed by atoms with Crippen LogP contribution in [-0.2, 0) is 13.1 Å². The Morgan fingerprint density at radius 1 is 0.944 bits per heavy atom. The predicted molar refractivity (Wildman–Crippen MR) is 64.4 cm³/mol. The standard InChI is InChI=1S/C11H18N6O/c1-10(2,3)11(18,4-16-8-12-6-14-16)5-17-9-13-7-15-17/h6-9,18H,4-5H2,1-3H3. The van der Waals surface area contributed by atoms with E-state index in [1.807, 2.05) is 20.8 Å². The van der Waals surface area contributed by atoms with Gasteiger partial charge < -0.3 is 5.11 Å². The summed E-state index contributed by atoms with van der Waals surface area (Å²) in [5.41, 5.74) is -1.32. The third kappa shape index (κ3) is 2.56. The van der Waals surface area contributed by atoms with Crippen molar-refractivity contribution in [2.24, 2.45) is 5.41 Å². The van der Waals surface area contributed by atoms with Crippen LogP contribution in [0.4, 0.5) is 0 Å². The van der Waals surface area contributed by atoms with Crippen molar-refractivity contribution in [3.05, 3.63) is 25.3 Å². The van der Waals surface area contributed by atoms with Crippen molar-refractivity contribution in [2.45, 2.75) is 39.5 Å². The molecule has 0 radical (unpaired) electrons. The number of hydrogen-bond donors (Lipinski definition) is 1. The molecule has 98 valence electrons. The van der Waals surface area contributed by atoms with E-state index in [4.69, 9.17) is 0 Å². The third-order valence-corrected chi connectivity index (χ3v) is 3.18. The maximum Gasteiger partial charge on any atom is 0.137 e. The number of aromatic nitrogens is 6. The van der Waals surface area contributed by atoms with Crippen LogP contribution in [0, 0.1) is 5.41 Å². The van der Waals surface area contributed by atoms with E-state index in [0.717, 1.165) is 0 Å². The lowest BCUT2D eigenvalue weighted by atomic mass is 9.76. The van der Waals surface area contributed by atoms with Crippen molar-refractivity contribution < 1.29 is 5.11 Å². The molecular weight excluding hydrogens is 232 g/mol. The van der Waals surface area contributed by atoms with E-state index < -0.39 is 5.60 Å². The molecule has 0 saturated heterocycles. The van der Waals surface area contributed by atoms with Crippen molar-refractivity contribution in [2.75, 3.05) is 0 Å². The average Bonchev–Trinajstić information content (AvgIpc) is 2.88. The predicted octanol–water partition coefficient (Wildman–Crippen LogP) is 0.347. The molecule has 2 rings (SSSR count). The van der Waals surface area contributed by atoms with Gasteiger partial charge in [-0.25, -0.2) is 19.3 Å². The highest BCUT2D eigenvalue weighted by Gasteiger charge is 2.41. The Bertz CT molecular complexity index is 434. The van der Waals surface area contributed by atoms with E-state index in [2.05, 4.69) is 20.2 Å². The van der Waals surface area contributed by atoms with Gasteiger partial charge in [0.05, 0.1) is 13.1 Å². The zero-order chi connectivity index (χ0) is 13.2. The molecule has 7 heteroatoms. The van der Waals surface area contributed by atoms with Crippen LogP contribution >= 0.6 is 0 Å². The Morgan fingerprint density at radius 3 is 1.67 bits per heavy atom. The first-order chi connectivity index (χ1) is 8.41. The third-order valence-electron chi connectivity index (χ3n) is 3.18. The lowest BCUT2D eigenvalue weighted by molar-refractivity contribution is -0.0883. The number of nitrogens with zero attached hydrogens (tertiary/aromatic N) is 6. The summed E-state index contributed by atoms with van der Waals surface area (Å²) in [7, 11) is 0. The van der Waals surface area contributed by atoms with Crippen LogP contribution in [0.15, 0.2) is 25.3 Å². The van der Waals surface area contributed by atoms with Crippen LogP contribution in [0.5, 0.6) is 0 Å². The van der Waals surface area contributed by atoms with Gasteiger partial charge in [0.1, 0.15) is 30.9 Å². The van der Waals surface area contributed by atoms with Gasteiger partial charge in [0, 0.05) is 0 Å². The van der Waals surface area contributed by atoms with E-state index in [0.29, 0.717) is 13.1 Å². The van der Waals surface area contributed by atoms with Gasteiger partial charge in [-0.05, 0) is 5.41 Å². The molecule has 0 aliphatic carbocycles. The molecule has 0 fully saturated rings. The largest absolute Gasteiger partial charge is 0.385 e. The van der Waals surface area contributed by atoms with Gasteiger partial charge in [-0.3, -0.25) is 0 Å². The molecule has 0 bridgehead atoms. The van der Waals surface area contributed by atoms with Crippen molar-refractivity contribution in [3.8, 4) is 0 Å². The van der Waals surface area contributed by atoms with Crippen LogP contribution in [-0.4, -0.2) is 40.2 Å². The summed E-state index contributed by atoms with van der Waals surface area (Å²) in [5.74, 6) is 0. The minimum Gasteiger partial charge on any atom is -0.385 e. The highest BCUT2D eigenvalue weighted by atomic mass is 16.3. The Hall–Kier alpha value is -1.76. The van der Waals surface area contributed by atoms with Crippen molar-refractivity contribution in [1.82, 2.24) is 29.5 Å². The molecule has 2 aromatic rings. The molecule has 2 heterocycles. The monoisotopic (exact) mass is 250 g/mol. The number of hydrogen-bond acceptors (Lipinski definition) is 5. The molecule has 2 aromatic heterocycles. The maximum absolute atomic E-state index is 10.9.